The third-order valence-corrected chi connectivity index (χ3v) is 5.99. The Morgan fingerprint density at radius 3 is 1.32 bits per heavy atom. The van der Waals surface area contributed by atoms with Gasteiger partial charge in [0.05, 0.1) is 0 Å². The lowest BCUT2D eigenvalue weighted by molar-refractivity contribution is -0.154. The first-order valence-corrected chi connectivity index (χ1v) is 11.8. The maximum Gasteiger partial charge on any atom is 0.317 e. The highest BCUT2D eigenvalue weighted by atomic mass is 16.4. The molecule has 0 aromatic rings. The highest BCUT2D eigenvalue weighted by Gasteiger charge is 2.24. The molecule has 2 N–H and O–H groups in total. The predicted molar refractivity (Wildman–Crippen MR) is 117 cm³/mol. The van der Waals surface area contributed by atoms with E-state index in [9.17, 15) is 9.59 Å². The molecule has 0 saturated heterocycles. The van der Waals surface area contributed by atoms with Gasteiger partial charge in [-0.3, -0.25) is 9.59 Å². The Morgan fingerprint density at radius 2 is 0.929 bits per heavy atom. The van der Waals surface area contributed by atoms with Crippen molar-refractivity contribution in [2.75, 3.05) is 0 Å². The van der Waals surface area contributed by atoms with Crippen molar-refractivity contribution >= 4 is 11.9 Å². The molecular weight excluding hydrogens is 352 g/mol. The zero-order valence-electron chi connectivity index (χ0n) is 18.8. The summed E-state index contributed by atoms with van der Waals surface area (Å²) in [6, 6.07) is 0. The lowest BCUT2D eigenvalue weighted by Crippen LogP contribution is -2.23. The van der Waals surface area contributed by atoms with Crippen LogP contribution in [-0.4, -0.2) is 22.2 Å². The molecule has 0 spiro atoms. The SMILES string of the molecule is CCCCCCCCC(C)CCC(C)CCCCCCCC(C(=O)O)C(=O)O. The fourth-order valence-electron chi connectivity index (χ4n) is 3.86. The second-order valence-electron chi connectivity index (χ2n) is 8.92. The Morgan fingerprint density at radius 1 is 0.571 bits per heavy atom. The van der Waals surface area contributed by atoms with Crippen LogP contribution in [0.5, 0.6) is 0 Å². The molecule has 0 rings (SSSR count). The van der Waals surface area contributed by atoms with Gasteiger partial charge in [-0.1, -0.05) is 117 Å². The molecule has 0 aliphatic heterocycles. The van der Waals surface area contributed by atoms with Crippen molar-refractivity contribution < 1.29 is 19.8 Å². The quantitative estimate of drug-likeness (QED) is 0.166. The van der Waals surface area contributed by atoms with Crippen LogP contribution in [0.2, 0.25) is 0 Å². The molecule has 2 atom stereocenters. The van der Waals surface area contributed by atoms with Crippen LogP contribution in [0.15, 0.2) is 0 Å². The summed E-state index contributed by atoms with van der Waals surface area (Å²) in [5.41, 5.74) is 0. The largest absolute Gasteiger partial charge is 0.481 e. The molecule has 28 heavy (non-hydrogen) atoms. The molecule has 0 aliphatic rings. The number of hydrogen-bond acceptors (Lipinski definition) is 2. The average Bonchev–Trinajstić information content (AvgIpc) is 2.64. The molecule has 0 aromatic carbocycles. The fourth-order valence-corrected chi connectivity index (χ4v) is 3.86. The van der Waals surface area contributed by atoms with Gasteiger partial charge in [0.2, 0.25) is 0 Å². The minimum atomic E-state index is -1.24. The van der Waals surface area contributed by atoms with Crippen molar-refractivity contribution in [3.63, 3.8) is 0 Å². The van der Waals surface area contributed by atoms with Crippen LogP contribution in [-0.2, 0) is 9.59 Å². The van der Waals surface area contributed by atoms with Crippen molar-refractivity contribution in [1.82, 2.24) is 0 Å². The van der Waals surface area contributed by atoms with E-state index in [4.69, 9.17) is 10.2 Å². The Bertz CT molecular complexity index is 380. The average molecular weight is 399 g/mol. The highest BCUT2D eigenvalue weighted by molar-refractivity contribution is 5.92. The number of aliphatic carboxylic acids is 2. The van der Waals surface area contributed by atoms with E-state index in [1.165, 1.54) is 77.0 Å². The van der Waals surface area contributed by atoms with E-state index in [2.05, 4.69) is 20.8 Å². The summed E-state index contributed by atoms with van der Waals surface area (Å²) in [5, 5.41) is 17.7. The number of carboxylic acids is 2. The number of carbonyl (C=O) groups is 2. The van der Waals surface area contributed by atoms with Crippen molar-refractivity contribution in [2.45, 2.75) is 124 Å². The highest BCUT2D eigenvalue weighted by Crippen LogP contribution is 2.22. The first kappa shape index (κ1) is 26.9. The van der Waals surface area contributed by atoms with Gasteiger partial charge in [0.1, 0.15) is 0 Å². The van der Waals surface area contributed by atoms with Gasteiger partial charge >= 0.3 is 11.9 Å². The van der Waals surface area contributed by atoms with Crippen LogP contribution in [0.1, 0.15) is 124 Å². The summed E-state index contributed by atoms with van der Waals surface area (Å²) in [6.07, 6.45) is 19.0. The minimum absolute atomic E-state index is 0.248. The van der Waals surface area contributed by atoms with Crippen molar-refractivity contribution in [3.8, 4) is 0 Å². The number of rotatable bonds is 20. The Kier molecular flexibility index (Phi) is 17.3. The van der Waals surface area contributed by atoms with Crippen LogP contribution < -0.4 is 0 Å². The molecule has 0 fully saturated rings. The van der Waals surface area contributed by atoms with E-state index >= 15 is 0 Å². The minimum Gasteiger partial charge on any atom is -0.481 e. The molecule has 4 nitrogen and oxygen atoms in total. The maximum absolute atomic E-state index is 10.8. The smallest absolute Gasteiger partial charge is 0.317 e. The molecule has 4 heteroatoms. The summed E-state index contributed by atoms with van der Waals surface area (Å²) in [7, 11) is 0. The topological polar surface area (TPSA) is 74.6 Å². The molecule has 0 amide bonds. The third kappa shape index (κ3) is 15.9. The molecule has 0 bridgehead atoms. The molecule has 0 aliphatic carbocycles. The van der Waals surface area contributed by atoms with Crippen LogP contribution in [0, 0.1) is 17.8 Å². The van der Waals surface area contributed by atoms with E-state index < -0.39 is 17.9 Å². The summed E-state index contributed by atoms with van der Waals surface area (Å²) in [6.45, 7) is 7.03. The molecule has 2 unspecified atom stereocenters. The number of carboxylic acid groups (broad SMARTS) is 2. The maximum atomic E-state index is 10.8. The van der Waals surface area contributed by atoms with E-state index in [0.717, 1.165) is 24.7 Å². The van der Waals surface area contributed by atoms with Crippen LogP contribution >= 0.6 is 0 Å². The summed E-state index contributed by atoms with van der Waals surface area (Å²) in [5.74, 6) is -2.03. The first-order valence-electron chi connectivity index (χ1n) is 11.8. The monoisotopic (exact) mass is 398 g/mol. The van der Waals surface area contributed by atoms with Crippen LogP contribution in [0.3, 0.4) is 0 Å². The number of unbranched alkanes of at least 4 members (excludes halogenated alkanes) is 9. The second-order valence-corrected chi connectivity index (χ2v) is 8.92. The van der Waals surface area contributed by atoms with Crippen LogP contribution in [0.4, 0.5) is 0 Å². The van der Waals surface area contributed by atoms with Gasteiger partial charge in [0, 0.05) is 0 Å². The summed E-state index contributed by atoms with van der Waals surface area (Å²) < 4.78 is 0. The Hall–Kier alpha value is -1.06. The molecule has 0 radical (unpaired) electrons. The van der Waals surface area contributed by atoms with Gasteiger partial charge in [-0.05, 0) is 18.3 Å². The normalized spacial score (nSPS) is 13.6. The fraction of sp³-hybridized carbons (Fsp3) is 0.917. The zero-order valence-corrected chi connectivity index (χ0v) is 18.8. The molecular formula is C24H46O4. The first-order chi connectivity index (χ1) is 13.4. The van der Waals surface area contributed by atoms with Gasteiger partial charge in [0.15, 0.2) is 5.92 Å². The Labute approximate surface area is 173 Å². The van der Waals surface area contributed by atoms with Crippen molar-refractivity contribution in [1.29, 1.82) is 0 Å². The van der Waals surface area contributed by atoms with Gasteiger partial charge in [-0.2, -0.15) is 0 Å². The van der Waals surface area contributed by atoms with Gasteiger partial charge in [-0.25, -0.2) is 0 Å². The molecule has 0 saturated carbocycles. The summed E-state index contributed by atoms with van der Waals surface area (Å²) >= 11 is 0. The predicted octanol–water partition coefficient (Wildman–Crippen LogP) is 7.31. The second kappa shape index (κ2) is 18.0. The van der Waals surface area contributed by atoms with Crippen LogP contribution in [0.25, 0.3) is 0 Å². The molecule has 0 heterocycles. The Balaban J connectivity index is 3.53. The zero-order chi connectivity index (χ0) is 21.2. The van der Waals surface area contributed by atoms with E-state index in [1.807, 2.05) is 0 Å². The third-order valence-electron chi connectivity index (χ3n) is 5.99. The van der Waals surface area contributed by atoms with Gasteiger partial charge < -0.3 is 10.2 Å². The molecule has 0 aromatic heterocycles. The van der Waals surface area contributed by atoms with Crippen molar-refractivity contribution in [2.24, 2.45) is 17.8 Å². The van der Waals surface area contributed by atoms with E-state index in [0.29, 0.717) is 6.42 Å². The lowest BCUT2D eigenvalue weighted by atomic mass is 9.91. The summed E-state index contributed by atoms with van der Waals surface area (Å²) in [4.78, 5) is 21.6. The van der Waals surface area contributed by atoms with Gasteiger partial charge in [0.25, 0.3) is 0 Å². The molecule has 166 valence electrons. The standard InChI is InChI=1S/C24H46O4/c1-4-5-6-7-9-12-15-20(2)18-19-21(3)16-13-10-8-11-14-17-22(23(25)26)24(27)28/h20-22H,4-19H2,1-3H3,(H,25,26)(H,27,28). The van der Waals surface area contributed by atoms with Gasteiger partial charge in [-0.15, -0.1) is 0 Å². The number of hydrogen-bond donors (Lipinski definition) is 2. The van der Waals surface area contributed by atoms with Crippen molar-refractivity contribution in [3.05, 3.63) is 0 Å². The van der Waals surface area contributed by atoms with E-state index in [-0.39, 0.29) is 6.42 Å². The van der Waals surface area contributed by atoms with E-state index in [1.54, 1.807) is 0 Å². The lowest BCUT2D eigenvalue weighted by Gasteiger charge is -2.15.